The second kappa shape index (κ2) is 9.45. The Morgan fingerprint density at radius 1 is 1.00 bits per heavy atom. The molecule has 0 saturated carbocycles. The van der Waals surface area contributed by atoms with Crippen LogP contribution in [0.15, 0.2) is 94.5 Å². The van der Waals surface area contributed by atoms with Crippen LogP contribution in [0.4, 0.5) is 0 Å². The van der Waals surface area contributed by atoms with Crippen LogP contribution in [-0.4, -0.2) is 17.2 Å². The normalized spacial score (nSPS) is 11.0. The van der Waals surface area contributed by atoms with Crippen LogP contribution in [0.1, 0.15) is 21.5 Å². The number of phenolic OH excluding ortho intramolecular Hbond substituents is 1. The lowest BCUT2D eigenvalue weighted by atomic mass is 10.1. The Morgan fingerprint density at radius 3 is 2.68 bits per heavy atom. The third-order valence-corrected chi connectivity index (χ3v) is 5.25. The van der Waals surface area contributed by atoms with E-state index in [2.05, 4.69) is 44.7 Å². The average molecular weight is 475 g/mol. The molecular weight excluding hydrogens is 456 g/mol. The van der Waals surface area contributed by atoms with E-state index in [1.165, 1.54) is 18.3 Å². The number of carbonyl (C=O) groups excluding carboxylic acids is 1. The SMILES string of the molecule is O=C(N/N=C\c1ccccc1OCc1cccc2ccccc12)c1cc(Br)ccc1O. The molecule has 0 heterocycles. The minimum absolute atomic E-state index is 0.116. The van der Waals surface area contributed by atoms with E-state index in [1.54, 1.807) is 6.07 Å². The Kier molecular flexibility index (Phi) is 6.29. The second-order valence-electron chi connectivity index (χ2n) is 6.83. The highest BCUT2D eigenvalue weighted by molar-refractivity contribution is 9.10. The Bertz CT molecular complexity index is 1270. The highest BCUT2D eigenvalue weighted by Crippen LogP contribution is 2.23. The van der Waals surface area contributed by atoms with Gasteiger partial charge in [-0.15, -0.1) is 0 Å². The number of rotatable bonds is 6. The van der Waals surface area contributed by atoms with Crippen molar-refractivity contribution in [1.29, 1.82) is 0 Å². The molecule has 0 radical (unpaired) electrons. The van der Waals surface area contributed by atoms with E-state index in [9.17, 15) is 9.90 Å². The molecule has 2 N–H and O–H groups in total. The molecule has 0 atom stereocenters. The van der Waals surface area contributed by atoms with Gasteiger partial charge in [0.15, 0.2) is 0 Å². The number of amides is 1. The van der Waals surface area contributed by atoms with Crippen LogP contribution in [0.25, 0.3) is 10.8 Å². The Hall–Kier alpha value is -3.64. The van der Waals surface area contributed by atoms with Crippen molar-refractivity contribution in [2.24, 2.45) is 5.10 Å². The smallest absolute Gasteiger partial charge is 0.275 e. The highest BCUT2D eigenvalue weighted by atomic mass is 79.9. The van der Waals surface area contributed by atoms with Gasteiger partial charge in [0.25, 0.3) is 5.91 Å². The first-order chi connectivity index (χ1) is 15.1. The quantitative estimate of drug-likeness (QED) is 0.280. The van der Waals surface area contributed by atoms with E-state index in [0.29, 0.717) is 16.8 Å². The van der Waals surface area contributed by atoms with Crippen molar-refractivity contribution in [1.82, 2.24) is 5.43 Å². The van der Waals surface area contributed by atoms with E-state index in [0.717, 1.165) is 21.9 Å². The van der Waals surface area contributed by atoms with Gasteiger partial charge >= 0.3 is 0 Å². The van der Waals surface area contributed by atoms with Gasteiger partial charge in [-0.1, -0.05) is 70.5 Å². The zero-order chi connectivity index (χ0) is 21.6. The Morgan fingerprint density at radius 2 is 1.77 bits per heavy atom. The van der Waals surface area contributed by atoms with E-state index in [4.69, 9.17) is 4.74 Å². The van der Waals surface area contributed by atoms with Crippen molar-refractivity contribution in [3.05, 3.63) is 106 Å². The lowest BCUT2D eigenvalue weighted by molar-refractivity contribution is 0.0952. The number of hydrazone groups is 1. The summed E-state index contributed by atoms with van der Waals surface area (Å²) in [6.07, 6.45) is 1.52. The van der Waals surface area contributed by atoms with Crippen molar-refractivity contribution in [3.8, 4) is 11.5 Å². The van der Waals surface area contributed by atoms with E-state index in [1.807, 2.05) is 48.5 Å². The van der Waals surface area contributed by atoms with Gasteiger partial charge in [0.05, 0.1) is 11.8 Å². The van der Waals surface area contributed by atoms with Crippen LogP contribution in [0.2, 0.25) is 0 Å². The fourth-order valence-electron chi connectivity index (χ4n) is 3.20. The number of benzene rings is 4. The molecule has 4 aromatic rings. The number of nitrogens with one attached hydrogen (secondary N) is 1. The van der Waals surface area contributed by atoms with Crippen LogP contribution in [0.3, 0.4) is 0 Å². The molecule has 1 amide bonds. The molecule has 0 fully saturated rings. The van der Waals surface area contributed by atoms with Gasteiger partial charge in [-0.3, -0.25) is 4.79 Å². The first-order valence-corrected chi connectivity index (χ1v) is 10.4. The molecule has 0 aromatic heterocycles. The third kappa shape index (κ3) is 4.92. The molecule has 4 aromatic carbocycles. The number of para-hydroxylation sites is 1. The number of hydrogen-bond donors (Lipinski definition) is 2. The fraction of sp³-hybridized carbons (Fsp3) is 0.0400. The highest BCUT2D eigenvalue weighted by Gasteiger charge is 2.11. The Balaban J connectivity index is 1.47. The maximum Gasteiger partial charge on any atom is 0.275 e. The van der Waals surface area contributed by atoms with Crippen LogP contribution in [0, 0.1) is 0 Å². The summed E-state index contributed by atoms with van der Waals surface area (Å²) in [5.41, 5.74) is 4.38. The molecule has 0 saturated heterocycles. The molecule has 0 bridgehead atoms. The van der Waals surface area contributed by atoms with Gasteiger partial charge in [-0.2, -0.15) is 5.10 Å². The molecule has 31 heavy (non-hydrogen) atoms. The molecule has 0 spiro atoms. The number of hydrogen-bond acceptors (Lipinski definition) is 4. The molecule has 154 valence electrons. The van der Waals surface area contributed by atoms with E-state index in [-0.39, 0.29) is 11.3 Å². The van der Waals surface area contributed by atoms with Crippen molar-refractivity contribution in [3.63, 3.8) is 0 Å². The summed E-state index contributed by atoms with van der Waals surface area (Å²) in [5, 5.41) is 16.2. The number of ether oxygens (including phenoxy) is 1. The molecule has 5 nitrogen and oxygen atoms in total. The summed E-state index contributed by atoms with van der Waals surface area (Å²) in [5.74, 6) is 0.0256. The van der Waals surface area contributed by atoms with Crippen molar-refractivity contribution < 1.29 is 14.6 Å². The van der Waals surface area contributed by atoms with E-state index >= 15 is 0 Å². The monoisotopic (exact) mass is 474 g/mol. The lowest BCUT2D eigenvalue weighted by Crippen LogP contribution is -2.17. The molecule has 0 unspecified atom stereocenters. The summed E-state index contributed by atoms with van der Waals surface area (Å²) in [4.78, 5) is 12.3. The Labute approximate surface area is 188 Å². The lowest BCUT2D eigenvalue weighted by Gasteiger charge is -2.11. The zero-order valence-electron chi connectivity index (χ0n) is 16.5. The molecule has 4 rings (SSSR count). The minimum Gasteiger partial charge on any atom is -0.507 e. The van der Waals surface area contributed by atoms with Crippen molar-refractivity contribution in [2.75, 3.05) is 0 Å². The van der Waals surface area contributed by atoms with Crippen LogP contribution < -0.4 is 10.2 Å². The maximum atomic E-state index is 12.3. The summed E-state index contributed by atoms with van der Waals surface area (Å²) in [6.45, 7) is 0.407. The number of fused-ring (bicyclic) bond motifs is 1. The van der Waals surface area contributed by atoms with Gasteiger partial charge in [-0.25, -0.2) is 5.43 Å². The van der Waals surface area contributed by atoms with Crippen LogP contribution >= 0.6 is 15.9 Å². The number of carbonyl (C=O) groups is 1. The van der Waals surface area contributed by atoms with E-state index < -0.39 is 5.91 Å². The predicted octanol–water partition coefficient (Wildman–Crippen LogP) is 5.65. The van der Waals surface area contributed by atoms with Gasteiger partial charge in [0.1, 0.15) is 18.1 Å². The number of aromatic hydroxyl groups is 1. The zero-order valence-corrected chi connectivity index (χ0v) is 18.0. The third-order valence-electron chi connectivity index (χ3n) is 4.76. The van der Waals surface area contributed by atoms with Gasteiger partial charge in [-0.05, 0) is 46.7 Å². The molecule has 6 heteroatoms. The second-order valence-corrected chi connectivity index (χ2v) is 7.74. The maximum absolute atomic E-state index is 12.3. The number of halogens is 1. The first-order valence-electron chi connectivity index (χ1n) is 9.62. The average Bonchev–Trinajstić information content (AvgIpc) is 2.80. The summed E-state index contributed by atoms with van der Waals surface area (Å²) in [7, 11) is 0. The fourth-order valence-corrected chi connectivity index (χ4v) is 3.56. The minimum atomic E-state index is -0.510. The first kappa shape index (κ1) is 20.6. The van der Waals surface area contributed by atoms with Gasteiger partial charge < -0.3 is 9.84 Å². The van der Waals surface area contributed by atoms with Crippen molar-refractivity contribution >= 4 is 38.8 Å². The summed E-state index contributed by atoms with van der Waals surface area (Å²) < 4.78 is 6.74. The largest absolute Gasteiger partial charge is 0.507 e. The number of phenols is 1. The summed E-state index contributed by atoms with van der Waals surface area (Å²) >= 11 is 3.28. The topological polar surface area (TPSA) is 70.9 Å². The molecule has 0 aliphatic rings. The van der Waals surface area contributed by atoms with Gasteiger partial charge in [0.2, 0.25) is 0 Å². The van der Waals surface area contributed by atoms with Crippen LogP contribution in [-0.2, 0) is 6.61 Å². The molecule has 0 aliphatic heterocycles. The molecular formula is C25H19BrN2O3. The number of nitrogens with zero attached hydrogens (tertiary/aromatic N) is 1. The summed E-state index contributed by atoms with van der Waals surface area (Å²) in [6, 6.07) is 26.4. The molecule has 0 aliphatic carbocycles. The predicted molar refractivity (Wildman–Crippen MR) is 126 cm³/mol. The van der Waals surface area contributed by atoms with Crippen molar-refractivity contribution in [2.45, 2.75) is 6.61 Å². The van der Waals surface area contributed by atoms with Crippen LogP contribution in [0.5, 0.6) is 11.5 Å². The van der Waals surface area contributed by atoms with Gasteiger partial charge in [0, 0.05) is 10.0 Å². The standard InChI is InChI=1S/C25H19BrN2O3/c26-20-12-13-23(29)22(14-20)25(30)28-27-15-18-7-2-4-11-24(18)31-16-19-9-5-8-17-6-1-3-10-21(17)19/h1-15,29H,16H2,(H,28,30)/b27-15-.